The highest BCUT2D eigenvalue weighted by atomic mass is 32.2. The first-order valence-electron chi connectivity index (χ1n) is 7.94. The fraction of sp³-hybridized carbons (Fsp3) is 0.412. The van der Waals surface area contributed by atoms with Gasteiger partial charge < -0.3 is 4.90 Å². The number of amides is 1. The second-order valence-electron chi connectivity index (χ2n) is 6.23. The number of hydrogen-bond donors (Lipinski definition) is 0. The van der Waals surface area contributed by atoms with Crippen LogP contribution >= 0.6 is 0 Å². The lowest BCUT2D eigenvalue weighted by molar-refractivity contribution is 0.0714. The topological polar surface area (TPSA) is 72.3 Å². The minimum absolute atomic E-state index is 0.0980. The summed E-state index contributed by atoms with van der Waals surface area (Å²) < 4.78 is 24.8. The minimum atomic E-state index is -3.04. The molecule has 3 rings (SSSR count). The van der Waals surface area contributed by atoms with E-state index in [2.05, 4.69) is 5.10 Å². The van der Waals surface area contributed by atoms with Gasteiger partial charge in [-0.05, 0) is 18.9 Å². The Labute approximate surface area is 142 Å². The lowest BCUT2D eigenvalue weighted by Crippen LogP contribution is -2.42. The fourth-order valence-corrected chi connectivity index (χ4v) is 4.13. The maximum Gasteiger partial charge on any atom is 0.272 e. The molecule has 0 unspecified atom stereocenters. The Balaban J connectivity index is 1.76. The van der Waals surface area contributed by atoms with E-state index < -0.39 is 9.84 Å². The van der Waals surface area contributed by atoms with E-state index in [0.29, 0.717) is 31.6 Å². The molecule has 0 bridgehead atoms. The van der Waals surface area contributed by atoms with Crippen molar-refractivity contribution in [3.63, 3.8) is 0 Å². The molecule has 2 heterocycles. The molecule has 7 heteroatoms. The highest BCUT2D eigenvalue weighted by molar-refractivity contribution is 7.91. The second-order valence-corrected chi connectivity index (χ2v) is 8.55. The van der Waals surface area contributed by atoms with Gasteiger partial charge in [0.25, 0.3) is 5.91 Å². The highest BCUT2D eigenvalue weighted by Gasteiger charge is 2.30. The molecule has 0 atom stereocenters. The Morgan fingerprint density at radius 1 is 1.17 bits per heavy atom. The van der Waals surface area contributed by atoms with Crippen LogP contribution in [-0.4, -0.2) is 53.6 Å². The third-order valence-corrected chi connectivity index (χ3v) is 6.19. The number of likely N-dealkylation sites (tertiary alicyclic amines) is 1. The first kappa shape index (κ1) is 16.7. The molecule has 1 fully saturated rings. The smallest absolute Gasteiger partial charge is 0.272 e. The molecule has 0 radical (unpaired) electrons. The van der Waals surface area contributed by atoms with Crippen LogP contribution in [0.15, 0.2) is 36.4 Å². The van der Waals surface area contributed by atoms with Gasteiger partial charge in [0.1, 0.15) is 15.5 Å². The number of aromatic nitrogens is 2. The van der Waals surface area contributed by atoms with Crippen LogP contribution in [0, 0.1) is 0 Å². The van der Waals surface area contributed by atoms with Crippen LogP contribution in [0.1, 0.15) is 23.3 Å². The van der Waals surface area contributed by atoms with Crippen molar-refractivity contribution in [1.82, 2.24) is 14.7 Å². The zero-order valence-electron chi connectivity index (χ0n) is 13.8. The van der Waals surface area contributed by atoms with Gasteiger partial charge in [-0.1, -0.05) is 30.3 Å². The van der Waals surface area contributed by atoms with Crippen molar-refractivity contribution in [1.29, 1.82) is 0 Å². The van der Waals surface area contributed by atoms with Gasteiger partial charge in [0.2, 0.25) is 0 Å². The average molecular weight is 347 g/mol. The Morgan fingerprint density at radius 2 is 1.79 bits per heavy atom. The Morgan fingerprint density at radius 3 is 2.38 bits per heavy atom. The molecule has 1 aliphatic rings. The molecule has 1 saturated heterocycles. The van der Waals surface area contributed by atoms with Gasteiger partial charge in [0.15, 0.2) is 0 Å². The van der Waals surface area contributed by atoms with Gasteiger partial charge in [0, 0.05) is 32.0 Å². The molecule has 2 aromatic rings. The van der Waals surface area contributed by atoms with Crippen LogP contribution in [-0.2, 0) is 16.9 Å². The molecule has 1 aliphatic heterocycles. The van der Waals surface area contributed by atoms with Crippen molar-refractivity contribution in [3.8, 4) is 11.3 Å². The third-order valence-electron chi connectivity index (χ3n) is 4.50. The number of carbonyl (C=O) groups is 1. The van der Waals surface area contributed by atoms with Crippen LogP contribution in [0.5, 0.6) is 0 Å². The summed E-state index contributed by atoms with van der Waals surface area (Å²) in [5.41, 5.74) is 2.24. The predicted octanol–water partition coefficient (Wildman–Crippen LogP) is 1.74. The second kappa shape index (κ2) is 6.39. The van der Waals surface area contributed by atoms with Gasteiger partial charge in [0.05, 0.1) is 10.9 Å². The standard InChI is InChI=1S/C17H21N3O3S/c1-19-16(12-15(18-19)13-6-4-3-5-7-13)17(21)20-10-8-14(9-11-20)24(2,22)23/h3-7,12,14H,8-11H2,1-2H3. The molecule has 1 aromatic carbocycles. The number of rotatable bonds is 3. The van der Waals surface area contributed by atoms with Crippen molar-refractivity contribution in [2.45, 2.75) is 18.1 Å². The van der Waals surface area contributed by atoms with Crippen molar-refractivity contribution in [2.24, 2.45) is 7.05 Å². The van der Waals surface area contributed by atoms with Gasteiger partial charge >= 0.3 is 0 Å². The molecule has 0 spiro atoms. The Hall–Kier alpha value is -2.15. The van der Waals surface area contributed by atoms with E-state index in [1.165, 1.54) is 6.26 Å². The van der Waals surface area contributed by atoms with Crippen LogP contribution in [0.4, 0.5) is 0 Å². The molecule has 1 aromatic heterocycles. The van der Waals surface area contributed by atoms with Gasteiger partial charge in [-0.25, -0.2) is 8.42 Å². The summed E-state index contributed by atoms with van der Waals surface area (Å²) in [6.07, 6.45) is 2.25. The number of benzene rings is 1. The van der Waals surface area contributed by atoms with Crippen molar-refractivity contribution in [2.75, 3.05) is 19.3 Å². The molecule has 0 saturated carbocycles. The molecular formula is C17H21N3O3S. The number of aryl methyl sites for hydroxylation is 1. The molecule has 0 aliphatic carbocycles. The molecule has 0 N–H and O–H groups in total. The quantitative estimate of drug-likeness (QED) is 0.848. The SMILES string of the molecule is Cn1nc(-c2ccccc2)cc1C(=O)N1CCC(S(C)(=O)=O)CC1. The first-order valence-corrected chi connectivity index (χ1v) is 9.89. The zero-order valence-corrected chi connectivity index (χ0v) is 14.7. The molecule has 6 nitrogen and oxygen atoms in total. The van der Waals surface area contributed by atoms with Gasteiger partial charge in [-0.15, -0.1) is 0 Å². The Bertz CT molecular complexity index is 835. The summed E-state index contributed by atoms with van der Waals surface area (Å²) in [6, 6.07) is 11.5. The third kappa shape index (κ3) is 3.36. The van der Waals surface area contributed by atoms with Crippen molar-refractivity contribution in [3.05, 3.63) is 42.1 Å². The summed E-state index contributed by atoms with van der Waals surface area (Å²) in [7, 11) is -1.28. The van der Waals surface area contributed by atoms with Crippen LogP contribution < -0.4 is 0 Å². The van der Waals surface area contributed by atoms with E-state index in [-0.39, 0.29) is 11.2 Å². The normalized spacial score (nSPS) is 16.3. The van der Waals surface area contributed by atoms with E-state index in [1.807, 2.05) is 30.3 Å². The van der Waals surface area contributed by atoms with Crippen LogP contribution in [0.25, 0.3) is 11.3 Å². The largest absolute Gasteiger partial charge is 0.337 e. The highest BCUT2D eigenvalue weighted by Crippen LogP contribution is 2.22. The monoisotopic (exact) mass is 347 g/mol. The number of carbonyl (C=O) groups excluding carboxylic acids is 1. The number of nitrogens with zero attached hydrogens (tertiary/aromatic N) is 3. The maximum absolute atomic E-state index is 12.7. The fourth-order valence-electron chi connectivity index (χ4n) is 3.07. The zero-order chi connectivity index (χ0) is 17.3. The van der Waals surface area contributed by atoms with E-state index in [4.69, 9.17) is 0 Å². The average Bonchev–Trinajstić information content (AvgIpc) is 2.96. The summed E-state index contributed by atoms with van der Waals surface area (Å²) in [5.74, 6) is -0.0980. The molecule has 1 amide bonds. The maximum atomic E-state index is 12.7. The van der Waals surface area contributed by atoms with Crippen molar-refractivity contribution < 1.29 is 13.2 Å². The van der Waals surface area contributed by atoms with Gasteiger partial charge in [-0.3, -0.25) is 9.48 Å². The first-order chi connectivity index (χ1) is 11.4. The summed E-state index contributed by atoms with van der Waals surface area (Å²) in [4.78, 5) is 14.5. The van der Waals surface area contributed by atoms with Crippen LogP contribution in [0.2, 0.25) is 0 Å². The lowest BCUT2D eigenvalue weighted by Gasteiger charge is -2.31. The van der Waals surface area contributed by atoms with E-state index in [9.17, 15) is 13.2 Å². The number of hydrogen-bond acceptors (Lipinski definition) is 4. The number of piperidine rings is 1. The van der Waals surface area contributed by atoms with E-state index in [1.54, 1.807) is 22.7 Å². The molecular weight excluding hydrogens is 326 g/mol. The van der Waals surface area contributed by atoms with E-state index >= 15 is 0 Å². The molecule has 128 valence electrons. The predicted molar refractivity (Wildman–Crippen MR) is 92.4 cm³/mol. The Kier molecular flexibility index (Phi) is 4.45. The minimum Gasteiger partial charge on any atom is -0.337 e. The van der Waals surface area contributed by atoms with Crippen molar-refractivity contribution >= 4 is 15.7 Å². The summed E-state index contributed by atoms with van der Waals surface area (Å²) >= 11 is 0. The summed E-state index contributed by atoms with van der Waals surface area (Å²) in [5, 5.41) is 4.08. The summed E-state index contributed by atoms with van der Waals surface area (Å²) in [6.45, 7) is 0.921. The molecule has 24 heavy (non-hydrogen) atoms. The van der Waals surface area contributed by atoms with Crippen LogP contribution in [0.3, 0.4) is 0 Å². The lowest BCUT2D eigenvalue weighted by atomic mass is 10.1. The van der Waals surface area contributed by atoms with E-state index in [0.717, 1.165) is 11.3 Å². The van der Waals surface area contributed by atoms with Gasteiger partial charge in [-0.2, -0.15) is 5.10 Å². The number of sulfone groups is 1.